The van der Waals surface area contributed by atoms with Crippen molar-refractivity contribution in [2.45, 2.75) is 26.8 Å². The molecule has 0 saturated heterocycles. The van der Waals surface area contributed by atoms with Gasteiger partial charge in [0.2, 0.25) is 0 Å². The number of nitrogen functional groups attached to an aromatic ring is 1. The van der Waals surface area contributed by atoms with Crippen LogP contribution in [0.5, 0.6) is 5.75 Å². The van der Waals surface area contributed by atoms with Gasteiger partial charge in [-0.3, -0.25) is 4.79 Å². The lowest BCUT2D eigenvalue weighted by molar-refractivity contribution is 0.0708. The highest BCUT2D eigenvalue weighted by molar-refractivity contribution is 6.00. The Bertz CT molecular complexity index is 430. The molecule has 0 aliphatic carbocycles. The zero-order valence-electron chi connectivity index (χ0n) is 11.7. The van der Waals surface area contributed by atoms with E-state index >= 15 is 0 Å². The molecule has 4 heteroatoms. The molecule has 0 aliphatic rings. The average molecular weight is 250 g/mol. The lowest BCUT2D eigenvalue weighted by Gasteiger charge is -2.28. The SMILES string of the molecule is COc1cccc(C(=O)N(C)C(C)C(C)C)c1N. The second-order valence-electron chi connectivity index (χ2n) is 4.82. The van der Waals surface area contributed by atoms with Crippen LogP contribution in [-0.2, 0) is 0 Å². The van der Waals surface area contributed by atoms with Crippen molar-refractivity contribution in [2.24, 2.45) is 5.92 Å². The van der Waals surface area contributed by atoms with Gasteiger partial charge in [0.05, 0.1) is 18.4 Å². The monoisotopic (exact) mass is 250 g/mol. The van der Waals surface area contributed by atoms with Crippen LogP contribution in [0.25, 0.3) is 0 Å². The molecular formula is C14H22N2O2. The Morgan fingerprint density at radius 3 is 2.44 bits per heavy atom. The number of benzene rings is 1. The number of methoxy groups -OCH3 is 1. The Hall–Kier alpha value is -1.71. The fraction of sp³-hybridized carbons (Fsp3) is 0.500. The van der Waals surface area contributed by atoms with E-state index < -0.39 is 0 Å². The van der Waals surface area contributed by atoms with Crippen LogP contribution >= 0.6 is 0 Å². The van der Waals surface area contributed by atoms with Gasteiger partial charge in [-0.05, 0) is 25.0 Å². The van der Waals surface area contributed by atoms with Crippen molar-refractivity contribution in [2.75, 3.05) is 19.9 Å². The summed E-state index contributed by atoms with van der Waals surface area (Å²) < 4.78 is 5.13. The summed E-state index contributed by atoms with van der Waals surface area (Å²) in [7, 11) is 3.34. The van der Waals surface area contributed by atoms with Crippen LogP contribution < -0.4 is 10.5 Å². The van der Waals surface area contributed by atoms with Crippen molar-refractivity contribution in [3.8, 4) is 5.75 Å². The van der Waals surface area contributed by atoms with Crippen LogP contribution in [-0.4, -0.2) is 31.0 Å². The molecule has 0 fully saturated rings. The van der Waals surface area contributed by atoms with E-state index in [2.05, 4.69) is 13.8 Å². The zero-order chi connectivity index (χ0) is 13.9. The number of hydrogen-bond donors (Lipinski definition) is 1. The summed E-state index contributed by atoms with van der Waals surface area (Å²) in [4.78, 5) is 14.1. The van der Waals surface area contributed by atoms with Gasteiger partial charge in [0.25, 0.3) is 5.91 Å². The summed E-state index contributed by atoms with van der Waals surface area (Å²) in [6, 6.07) is 5.40. The van der Waals surface area contributed by atoms with Gasteiger partial charge in [-0.2, -0.15) is 0 Å². The van der Waals surface area contributed by atoms with E-state index in [9.17, 15) is 4.79 Å². The van der Waals surface area contributed by atoms with Gasteiger partial charge >= 0.3 is 0 Å². The van der Waals surface area contributed by atoms with E-state index in [1.807, 2.05) is 6.92 Å². The number of amides is 1. The first-order valence-electron chi connectivity index (χ1n) is 6.09. The maximum absolute atomic E-state index is 12.4. The van der Waals surface area contributed by atoms with Gasteiger partial charge in [0.1, 0.15) is 5.75 Å². The number of anilines is 1. The molecule has 4 nitrogen and oxygen atoms in total. The number of ether oxygens (including phenoxy) is 1. The Morgan fingerprint density at radius 1 is 1.33 bits per heavy atom. The minimum atomic E-state index is -0.0763. The van der Waals surface area contributed by atoms with Gasteiger partial charge in [-0.15, -0.1) is 0 Å². The second kappa shape index (κ2) is 5.76. The standard InChI is InChI=1S/C14H22N2O2/c1-9(2)10(3)16(4)14(17)11-7-6-8-12(18-5)13(11)15/h6-10H,15H2,1-5H3. The molecule has 0 saturated carbocycles. The summed E-state index contributed by atoms with van der Waals surface area (Å²) in [6.45, 7) is 6.20. The topological polar surface area (TPSA) is 55.6 Å². The molecule has 1 aromatic rings. The number of carbonyl (C=O) groups is 1. The van der Waals surface area contributed by atoms with Crippen LogP contribution in [0.1, 0.15) is 31.1 Å². The van der Waals surface area contributed by atoms with E-state index in [0.29, 0.717) is 22.9 Å². The van der Waals surface area contributed by atoms with Gasteiger partial charge in [-0.1, -0.05) is 19.9 Å². The molecule has 0 heterocycles. The highest BCUT2D eigenvalue weighted by Crippen LogP contribution is 2.26. The smallest absolute Gasteiger partial charge is 0.256 e. The lowest BCUT2D eigenvalue weighted by atomic mass is 10.0. The van der Waals surface area contributed by atoms with Crippen molar-refractivity contribution in [3.05, 3.63) is 23.8 Å². The van der Waals surface area contributed by atoms with Crippen molar-refractivity contribution in [1.82, 2.24) is 4.90 Å². The van der Waals surface area contributed by atoms with E-state index in [4.69, 9.17) is 10.5 Å². The van der Waals surface area contributed by atoms with Gasteiger partial charge in [0, 0.05) is 13.1 Å². The third-order valence-electron chi connectivity index (χ3n) is 3.41. The summed E-state index contributed by atoms with van der Waals surface area (Å²) in [6.07, 6.45) is 0. The maximum Gasteiger partial charge on any atom is 0.256 e. The Morgan fingerprint density at radius 2 is 1.94 bits per heavy atom. The molecule has 1 atom stereocenters. The number of hydrogen-bond acceptors (Lipinski definition) is 3. The van der Waals surface area contributed by atoms with Crippen molar-refractivity contribution in [3.63, 3.8) is 0 Å². The molecule has 1 amide bonds. The third-order valence-corrected chi connectivity index (χ3v) is 3.41. The summed E-state index contributed by atoms with van der Waals surface area (Å²) >= 11 is 0. The molecule has 0 aliphatic heterocycles. The largest absolute Gasteiger partial charge is 0.495 e. The molecular weight excluding hydrogens is 228 g/mol. The summed E-state index contributed by atoms with van der Waals surface area (Å²) in [5.41, 5.74) is 6.82. The van der Waals surface area contributed by atoms with Crippen LogP contribution in [0.3, 0.4) is 0 Å². The van der Waals surface area contributed by atoms with Crippen LogP contribution in [0, 0.1) is 5.92 Å². The highest BCUT2D eigenvalue weighted by atomic mass is 16.5. The van der Waals surface area contributed by atoms with Crippen molar-refractivity contribution >= 4 is 11.6 Å². The Labute approximate surface area is 109 Å². The normalized spacial score (nSPS) is 12.3. The number of nitrogens with zero attached hydrogens (tertiary/aromatic N) is 1. The first-order chi connectivity index (χ1) is 8.40. The molecule has 0 aromatic heterocycles. The maximum atomic E-state index is 12.4. The average Bonchev–Trinajstić information content (AvgIpc) is 2.36. The molecule has 0 radical (unpaired) electrons. The molecule has 2 N–H and O–H groups in total. The van der Waals surface area contributed by atoms with Crippen LogP contribution in [0.4, 0.5) is 5.69 Å². The lowest BCUT2D eigenvalue weighted by Crippen LogP contribution is -2.38. The molecule has 1 aromatic carbocycles. The summed E-state index contributed by atoms with van der Waals surface area (Å²) in [5.74, 6) is 0.852. The van der Waals surface area contributed by atoms with Gasteiger partial charge < -0.3 is 15.4 Å². The molecule has 0 bridgehead atoms. The third kappa shape index (κ3) is 2.75. The summed E-state index contributed by atoms with van der Waals surface area (Å²) in [5, 5.41) is 0. The number of para-hydroxylation sites is 1. The highest BCUT2D eigenvalue weighted by Gasteiger charge is 2.22. The number of nitrogens with two attached hydrogens (primary N) is 1. The van der Waals surface area contributed by atoms with Crippen molar-refractivity contribution < 1.29 is 9.53 Å². The minimum Gasteiger partial charge on any atom is -0.495 e. The fourth-order valence-electron chi connectivity index (χ4n) is 1.73. The molecule has 0 spiro atoms. The minimum absolute atomic E-state index is 0.0763. The Balaban J connectivity index is 3.04. The van der Waals surface area contributed by atoms with Crippen LogP contribution in [0.15, 0.2) is 18.2 Å². The van der Waals surface area contributed by atoms with E-state index in [1.54, 1.807) is 37.3 Å². The van der Waals surface area contributed by atoms with Gasteiger partial charge in [-0.25, -0.2) is 0 Å². The zero-order valence-corrected chi connectivity index (χ0v) is 11.7. The Kier molecular flexibility index (Phi) is 4.59. The fourth-order valence-corrected chi connectivity index (χ4v) is 1.73. The predicted molar refractivity (Wildman–Crippen MR) is 73.8 cm³/mol. The van der Waals surface area contributed by atoms with E-state index in [0.717, 1.165) is 0 Å². The second-order valence-corrected chi connectivity index (χ2v) is 4.82. The van der Waals surface area contributed by atoms with Crippen LogP contribution in [0.2, 0.25) is 0 Å². The first kappa shape index (κ1) is 14.4. The quantitative estimate of drug-likeness (QED) is 0.835. The molecule has 100 valence electrons. The number of rotatable bonds is 4. The van der Waals surface area contributed by atoms with Gasteiger partial charge in [0.15, 0.2) is 0 Å². The van der Waals surface area contributed by atoms with E-state index in [1.165, 1.54) is 0 Å². The van der Waals surface area contributed by atoms with E-state index in [-0.39, 0.29) is 11.9 Å². The first-order valence-corrected chi connectivity index (χ1v) is 6.09. The number of carbonyl (C=O) groups excluding carboxylic acids is 1. The molecule has 1 unspecified atom stereocenters. The van der Waals surface area contributed by atoms with Crippen molar-refractivity contribution in [1.29, 1.82) is 0 Å². The molecule has 18 heavy (non-hydrogen) atoms. The predicted octanol–water partition coefficient (Wildman–Crippen LogP) is 2.39. The molecule has 1 rings (SSSR count).